The molecule has 148 valence electrons. The highest BCUT2D eigenvalue weighted by molar-refractivity contribution is 6.00. The highest BCUT2D eigenvalue weighted by Gasteiger charge is 2.42. The van der Waals surface area contributed by atoms with Gasteiger partial charge in [-0.2, -0.15) is 5.10 Å². The first kappa shape index (κ1) is 18.0. The minimum atomic E-state index is -0.0335. The summed E-state index contributed by atoms with van der Waals surface area (Å²) >= 11 is 0. The van der Waals surface area contributed by atoms with Crippen molar-refractivity contribution in [3.05, 3.63) is 66.4 Å². The molecule has 0 radical (unpaired) electrons. The zero-order chi connectivity index (χ0) is 19.8. The summed E-state index contributed by atoms with van der Waals surface area (Å²) in [6, 6.07) is 17.9. The number of benzene rings is 2. The van der Waals surface area contributed by atoms with Crippen LogP contribution in [0.25, 0.3) is 16.9 Å². The summed E-state index contributed by atoms with van der Waals surface area (Å²) in [5.74, 6) is 2.01. The second-order valence-corrected chi connectivity index (χ2v) is 8.08. The molecule has 0 spiro atoms. The number of hydrogen-bond acceptors (Lipinski definition) is 3. The smallest absolute Gasteiger partial charge is 0.255 e. The number of rotatable bonds is 7. The Labute approximate surface area is 170 Å². The molecule has 0 saturated heterocycles. The Bertz CT molecular complexity index is 1010. The van der Waals surface area contributed by atoms with Gasteiger partial charge < -0.3 is 10.1 Å². The molecule has 3 aromatic rings. The first-order valence-corrected chi connectivity index (χ1v) is 10.3. The van der Waals surface area contributed by atoms with Crippen LogP contribution < -0.4 is 10.1 Å². The van der Waals surface area contributed by atoms with Gasteiger partial charge >= 0.3 is 0 Å². The molecule has 0 aliphatic heterocycles. The number of para-hydroxylation sites is 1. The molecule has 1 N–H and O–H groups in total. The molecule has 5 rings (SSSR count). The quantitative estimate of drug-likeness (QED) is 0.651. The Kier molecular flexibility index (Phi) is 4.58. The maximum Gasteiger partial charge on any atom is 0.255 e. The van der Waals surface area contributed by atoms with Crippen LogP contribution in [0.1, 0.15) is 36.0 Å². The van der Waals surface area contributed by atoms with Gasteiger partial charge in [-0.15, -0.1) is 0 Å². The summed E-state index contributed by atoms with van der Waals surface area (Å²) in [6.07, 6.45) is 6.76. The molecule has 2 fully saturated rings. The zero-order valence-electron chi connectivity index (χ0n) is 16.5. The van der Waals surface area contributed by atoms with Crippen LogP contribution >= 0.6 is 0 Å². The van der Waals surface area contributed by atoms with Gasteiger partial charge in [0.1, 0.15) is 11.4 Å². The molecule has 2 aliphatic carbocycles. The summed E-state index contributed by atoms with van der Waals surface area (Å²) in [7, 11) is 1.64. The number of carbonyl (C=O) groups excluding carboxylic acids is 1. The summed E-state index contributed by atoms with van der Waals surface area (Å²) in [4.78, 5) is 13.3. The van der Waals surface area contributed by atoms with Crippen molar-refractivity contribution in [2.24, 2.45) is 11.8 Å². The van der Waals surface area contributed by atoms with Crippen LogP contribution in [0.15, 0.2) is 60.8 Å². The molecule has 0 unspecified atom stereocenters. The number of nitrogens with one attached hydrogen (secondary N) is 1. The minimum Gasteiger partial charge on any atom is -0.497 e. The van der Waals surface area contributed by atoms with Gasteiger partial charge in [0, 0.05) is 17.8 Å². The lowest BCUT2D eigenvalue weighted by atomic mass is 10.0. The summed E-state index contributed by atoms with van der Waals surface area (Å²) in [5.41, 5.74) is 3.08. The second-order valence-electron chi connectivity index (χ2n) is 8.08. The van der Waals surface area contributed by atoms with Crippen molar-refractivity contribution in [1.82, 2.24) is 15.1 Å². The Morgan fingerprint density at radius 1 is 1.07 bits per heavy atom. The third kappa shape index (κ3) is 3.77. The number of amides is 1. The van der Waals surface area contributed by atoms with Gasteiger partial charge in [0.25, 0.3) is 5.91 Å². The largest absolute Gasteiger partial charge is 0.497 e. The maximum absolute atomic E-state index is 13.3. The van der Waals surface area contributed by atoms with Crippen molar-refractivity contribution in [3.8, 4) is 22.7 Å². The molecule has 0 atom stereocenters. The predicted octanol–water partition coefficient (Wildman–Crippen LogP) is 4.47. The van der Waals surface area contributed by atoms with Gasteiger partial charge in [-0.25, -0.2) is 4.68 Å². The van der Waals surface area contributed by atoms with Crippen LogP contribution in [0.3, 0.4) is 0 Å². The molecule has 5 heteroatoms. The monoisotopic (exact) mass is 387 g/mol. The third-order valence-corrected chi connectivity index (χ3v) is 5.88. The highest BCUT2D eigenvalue weighted by Crippen LogP contribution is 2.44. The minimum absolute atomic E-state index is 0.0335. The average molecular weight is 387 g/mol. The molecule has 1 heterocycles. The SMILES string of the molecule is COc1cccc(-c2nn(-c3ccccc3)cc2C(=O)NC(C2CC2)C2CC2)c1. The van der Waals surface area contributed by atoms with Gasteiger partial charge in [0.2, 0.25) is 0 Å². The molecule has 2 aliphatic rings. The maximum atomic E-state index is 13.3. The van der Waals surface area contributed by atoms with E-state index in [0.717, 1.165) is 17.0 Å². The molecular weight excluding hydrogens is 362 g/mol. The fourth-order valence-corrected chi connectivity index (χ4v) is 4.00. The number of hydrogen-bond donors (Lipinski definition) is 1. The van der Waals surface area contributed by atoms with Crippen molar-refractivity contribution in [2.45, 2.75) is 31.7 Å². The van der Waals surface area contributed by atoms with Crippen molar-refractivity contribution < 1.29 is 9.53 Å². The molecule has 1 aromatic heterocycles. The summed E-state index contributed by atoms with van der Waals surface area (Å²) < 4.78 is 7.16. The van der Waals surface area contributed by atoms with E-state index < -0.39 is 0 Å². The van der Waals surface area contributed by atoms with Crippen LogP contribution in [0.2, 0.25) is 0 Å². The topological polar surface area (TPSA) is 56.2 Å². The first-order valence-electron chi connectivity index (χ1n) is 10.3. The van der Waals surface area contributed by atoms with Gasteiger partial charge in [0.05, 0.1) is 18.4 Å². The van der Waals surface area contributed by atoms with E-state index in [1.165, 1.54) is 25.7 Å². The molecule has 2 saturated carbocycles. The van der Waals surface area contributed by atoms with Crippen molar-refractivity contribution in [3.63, 3.8) is 0 Å². The van der Waals surface area contributed by atoms with Crippen LogP contribution in [0.5, 0.6) is 5.75 Å². The number of carbonyl (C=O) groups is 1. The van der Waals surface area contributed by atoms with Gasteiger partial charge in [0.15, 0.2) is 0 Å². The van der Waals surface area contributed by atoms with E-state index in [1.54, 1.807) is 11.8 Å². The molecule has 5 nitrogen and oxygen atoms in total. The Hall–Kier alpha value is -3.08. The fourth-order valence-electron chi connectivity index (χ4n) is 4.00. The van der Waals surface area contributed by atoms with E-state index >= 15 is 0 Å². The van der Waals surface area contributed by atoms with E-state index in [-0.39, 0.29) is 5.91 Å². The standard InChI is InChI=1S/C24H25N3O2/c1-29-20-9-5-6-18(14-20)23-21(15-27(26-23)19-7-3-2-4-8-19)24(28)25-22(16-10-11-16)17-12-13-17/h2-9,14-17,22H,10-13H2,1H3,(H,25,28). The summed E-state index contributed by atoms with van der Waals surface area (Å²) in [6.45, 7) is 0. The first-order chi connectivity index (χ1) is 14.2. The lowest BCUT2D eigenvalue weighted by Crippen LogP contribution is -2.38. The van der Waals surface area contributed by atoms with Crippen LogP contribution in [0, 0.1) is 11.8 Å². The summed E-state index contributed by atoms with van der Waals surface area (Å²) in [5, 5.41) is 8.11. The lowest BCUT2D eigenvalue weighted by molar-refractivity contribution is 0.0927. The number of ether oxygens (including phenoxy) is 1. The molecule has 29 heavy (non-hydrogen) atoms. The Morgan fingerprint density at radius 3 is 2.45 bits per heavy atom. The van der Waals surface area contributed by atoms with E-state index in [0.29, 0.717) is 29.1 Å². The lowest BCUT2D eigenvalue weighted by Gasteiger charge is -2.17. The van der Waals surface area contributed by atoms with E-state index in [1.807, 2.05) is 60.8 Å². The molecule has 0 bridgehead atoms. The van der Waals surface area contributed by atoms with E-state index in [2.05, 4.69) is 5.32 Å². The van der Waals surface area contributed by atoms with Crippen LogP contribution in [-0.4, -0.2) is 28.8 Å². The number of methoxy groups -OCH3 is 1. The number of nitrogens with zero attached hydrogens (tertiary/aromatic N) is 2. The Morgan fingerprint density at radius 2 is 1.79 bits per heavy atom. The van der Waals surface area contributed by atoms with Gasteiger partial charge in [-0.1, -0.05) is 30.3 Å². The average Bonchev–Trinajstić information content (AvgIpc) is 3.70. The fraction of sp³-hybridized carbons (Fsp3) is 0.333. The molecular formula is C24H25N3O2. The molecule has 2 aromatic carbocycles. The highest BCUT2D eigenvalue weighted by atomic mass is 16.5. The van der Waals surface area contributed by atoms with Crippen LogP contribution in [-0.2, 0) is 0 Å². The normalized spacial score (nSPS) is 16.1. The van der Waals surface area contributed by atoms with Gasteiger partial charge in [-0.3, -0.25) is 4.79 Å². The predicted molar refractivity (Wildman–Crippen MR) is 112 cm³/mol. The van der Waals surface area contributed by atoms with Crippen LogP contribution in [0.4, 0.5) is 0 Å². The molecule has 1 amide bonds. The third-order valence-electron chi connectivity index (χ3n) is 5.88. The van der Waals surface area contributed by atoms with Crippen molar-refractivity contribution in [2.75, 3.05) is 7.11 Å². The van der Waals surface area contributed by atoms with E-state index in [4.69, 9.17) is 9.84 Å². The van der Waals surface area contributed by atoms with Gasteiger partial charge in [-0.05, 0) is 61.8 Å². The van der Waals surface area contributed by atoms with Crippen molar-refractivity contribution >= 4 is 5.91 Å². The van der Waals surface area contributed by atoms with Crippen molar-refractivity contribution in [1.29, 1.82) is 0 Å². The zero-order valence-corrected chi connectivity index (χ0v) is 16.5. The Balaban J connectivity index is 1.53. The second kappa shape index (κ2) is 7.39. The van der Waals surface area contributed by atoms with E-state index in [9.17, 15) is 4.79 Å². The number of aromatic nitrogens is 2.